The molecule has 0 radical (unpaired) electrons. The number of nitrogens with zero attached hydrogens (tertiary/aromatic N) is 6. The third kappa shape index (κ3) is 4.89. The average molecular weight is 539 g/mol. The number of nitrogens with one attached hydrogen (secondary N) is 2. The number of pyridine rings is 1. The van der Waals surface area contributed by atoms with Crippen LogP contribution in [0.25, 0.3) is 33.7 Å². The van der Waals surface area contributed by atoms with Crippen molar-refractivity contribution in [1.29, 1.82) is 0 Å². The van der Waals surface area contributed by atoms with Gasteiger partial charge in [0.1, 0.15) is 5.82 Å². The van der Waals surface area contributed by atoms with Gasteiger partial charge in [0.15, 0.2) is 11.5 Å². The highest BCUT2D eigenvalue weighted by Crippen LogP contribution is 2.35. The number of aromatic nitrogens is 7. The molecule has 0 aliphatic heterocycles. The topological polar surface area (TPSA) is 127 Å². The normalized spacial score (nSPS) is 15.8. The van der Waals surface area contributed by atoms with Crippen LogP contribution in [0.3, 0.4) is 0 Å². The van der Waals surface area contributed by atoms with E-state index in [2.05, 4.69) is 62.6 Å². The van der Waals surface area contributed by atoms with Crippen LogP contribution in [0.2, 0.25) is 0 Å². The Kier molecular flexibility index (Phi) is 6.48. The Balaban J connectivity index is 1.30. The van der Waals surface area contributed by atoms with Crippen molar-refractivity contribution in [3.63, 3.8) is 0 Å². The van der Waals surface area contributed by atoms with Crippen LogP contribution in [0.1, 0.15) is 93.6 Å². The number of imidazole rings is 1. The highest BCUT2D eigenvalue weighted by atomic mass is 16.5. The summed E-state index contributed by atoms with van der Waals surface area (Å²) in [4.78, 5) is 30.1. The third-order valence-electron chi connectivity index (χ3n) is 7.41. The highest BCUT2D eigenvalue weighted by molar-refractivity contribution is 5.92. The van der Waals surface area contributed by atoms with E-state index in [0.29, 0.717) is 11.5 Å². The third-order valence-corrected chi connectivity index (χ3v) is 7.41. The molecule has 206 valence electrons. The molecule has 1 aliphatic rings. The van der Waals surface area contributed by atoms with E-state index in [-0.39, 0.29) is 29.3 Å². The molecule has 10 nitrogen and oxygen atoms in total. The minimum atomic E-state index is -0.341. The summed E-state index contributed by atoms with van der Waals surface area (Å²) < 4.78 is 7.20. The molecule has 1 aromatic carbocycles. The van der Waals surface area contributed by atoms with E-state index >= 15 is 0 Å². The molecule has 5 aromatic rings. The lowest BCUT2D eigenvalue weighted by atomic mass is 9.94. The van der Waals surface area contributed by atoms with Crippen molar-refractivity contribution in [1.82, 2.24) is 40.2 Å². The van der Waals surface area contributed by atoms with E-state index in [9.17, 15) is 4.79 Å². The Morgan fingerprint density at radius 1 is 1.15 bits per heavy atom. The summed E-state index contributed by atoms with van der Waals surface area (Å²) in [6.45, 7) is 10.1. The molecule has 0 unspecified atom stereocenters. The standard InChI is InChI=1S/C30H34N8O2/c1-17(2)38-16-20(15-32-38)25-34-24-22(12-13-31-26(24)35-25)19-10-11-21-18(14-19)8-6-7-9-23(21)33-27(39)28-36-29(37-40-28)30(3,4)5/h10-17,23H,6-9H2,1-5H3,(H,33,39)(H,31,34,35)/t23-/m1/s1. The summed E-state index contributed by atoms with van der Waals surface area (Å²) in [6, 6.07) is 8.63. The zero-order valence-corrected chi connectivity index (χ0v) is 23.5. The van der Waals surface area contributed by atoms with E-state index in [0.717, 1.165) is 59.3 Å². The number of H-pyrrole nitrogens is 1. The van der Waals surface area contributed by atoms with Crippen molar-refractivity contribution in [2.75, 3.05) is 0 Å². The molecule has 40 heavy (non-hydrogen) atoms. The summed E-state index contributed by atoms with van der Waals surface area (Å²) in [6.07, 6.45) is 9.48. The fourth-order valence-corrected chi connectivity index (χ4v) is 5.17. The number of amides is 1. The predicted molar refractivity (Wildman–Crippen MR) is 152 cm³/mol. The van der Waals surface area contributed by atoms with Crippen LogP contribution in [0.5, 0.6) is 0 Å². The van der Waals surface area contributed by atoms with Crippen LogP contribution >= 0.6 is 0 Å². The molecule has 10 heteroatoms. The number of fused-ring (bicyclic) bond motifs is 2. The molecule has 0 saturated carbocycles. The first-order valence-corrected chi connectivity index (χ1v) is 13.8. The van der Waals surface area contributed by atoms with E-state index in [1.54, 1.807) is 6.20 Å². The molecule has 1 aliphatic carbocycles. The Bertz CT molecular complexity index is 1690. The van der Waals surface area contributed by atoms with Crippen molar-refractivity contribution < 1.29 is 9.32 Å². The number of hydrogen-bond donors (Lipinski definition) is 2. The second-order valence-electron chi connectivity index (χ2n) is 11.8. The molecule has 0 fully saturated rings. The van der Waals surface area contributed by atoms with Gasteiger partial charge in [-0.2, -0.15) is 10.1 Å². The smallest absolute Gasteiger partial charge is 0.315 e. The van der Waals surface area contributed by atoms with E-state index in [1.165, 1.54) is 5.56 Å². The monoisotopic (exact) mass is 538 g/mol. The number of carbonyl (C=O) groups excluding carboxylic acids is 1. The first-order chi connectivity index (χ1) is 19.2. The summed E-state index contributed by atoms with van der Waals surface area (Å²) in [5.41, 5.74) is 6.65. The Morgan fingerprint density at radius 2 is 2.00 bits per heavy atom. The summed E-state index contributed by atoms with van der Waals surface area (Å²) in [5.74, 6) is 0.921. The summed E-state index contributed by atoms with van der Waals surface area (Å²) in [7, 11) is 0. The average Bonchev–Trinajstić information content (AvgIpc) is 3.67. The minimum Gasteiger partial charge on any atom is -0.341 e. The second kappa shape index (κ2) is 10.0. The largest absolute Gasteiger partial charge is 0.341 e. The van der Waals surface area contributed by atoms with Crippen LogP contribution < -0.4 is 5.32 Å². The van der Waals surface area contributed by atoms with Crippen LogP contribution in [0, 0.1) is 0 Å². The van der Waals surface area contributed by atoms with Gasteiger partial charge < -0.3 is 14.8 Å². The van der Waals surface area contributed by atoms with E-state index in [4.69, 9.17) is 9.51 Å². The maximum atomic E-state index is 13.0. The first-order valence-electron chi connectivity index (χ1n) is 13.8. The predicted octanol–water partition coefficient (Wildman–Crippen LogP) is 5.95. The zero-order valence-electron chi connectivity index (χ0n) is 23.5. The maximum absolute atomic E-state index is 13.0. The van der Waals surface area contributed by atoms with Gasteiger partial charge >= 0.3 is 11.8 Å². The number of hydrogen-bond acceptors (Lipinski definition) is 7. The quantitative estimate of drug-likeness (QED) is 0.265. The first kappa shape index (κ1) is 25.9. The van der Waals surface area contributed by atoms with E-state index in [1.807, 2.05) is 43.9 Å². The SMILES string of the molecule is CC(C)n1cc(-c2nc3nccc(-c4ccc5c(c4)CCCC[C@H]5NC(=O)c4nc(C(C)(C)C)no4)c3[nH]2)cn1. The van der Waals surface area contributed by atoms with Gasteiger partial charge in [0.2, 0.25) is 0 Å². The number of carbonyl (C=O) groups is 1. The summed E-state index contributed by atoms with van der Waals surface area (Å²) >= 11 is 0. The number of benzene rings is 1. The second-order valence-corrected chi connectivity index (χ2v) is 11.8. The fourth-order valence-electron chi connectivity index (χ4n) is 5.17. The van der Waals surface area contributed by atoms with Gasteiger partial charge in [-0.1, -0.05) is 50.5 Å². The van der Waals surface area contributed by atoms with Crippen molar-refractivity contribution in [3.8, 4) is 22.5 Å². The van der Waals surface area contributed by atoms with Gasteiger partial charge in [-0.3, -0.25) is 9.48 Å². The molecule has 1 amide bonds. The van der Waals surface area contributed by atoms with Crippen molar-refractivity contribution in [2.45, 2.75) is 77.8 Å². The van der Waals surface area contributed by atoms with Gasteiger partial charge in [-0.25, -0.2) is 9.97 Å². The van der Waals surface area contributed by atoms with Gasteiger partial charge in [-0.15, -0.1) is 0 Å². The molecule has 6 rings (SSSR count). The molecule has 1 atom stereocenters. The maximum Gasteiger partial charge on any atom is 0.315 e. The lowest BCUT2D eigenvalue weighted by molar-refractivity contribution is 0.0890. The highest BCUT2D eigenvalue weighted by Gasteiger charge is 2.27. The molecule has 4 aromatic heterocycles. The Morgan fingerprint density at radius 3 is 2.75 bits per heavy atom. The van der Waals surface area contributed by atoms with Gasteiger partial charge in [-0.05, 0) is 55.9 Å². The molecule has 0 saturated heterocycles. The molecular formula is C30H34N8O2. The van der Waals surface area contributed by atoms with Crippen molar-refractivity contribution in [2.24, 2.45) is 0 Å². The van der Waals surface area contributed by atoms with Crippen LogP contribution in [-0.2, 0) is 11.8 Å². The van der Waals surface area contributed by atoms with Crippen LogP contribution in [0.4, 0.5) is 0 Å². The summed E-state index contributed by atoms with van der Waals surface area (Å²) in [5, 5.41) is 11.6. The fraction of sp³-hybridized carbons (Fsp3) is 0.400. The van der Waals surface area contributed by atoms with Gasteiger partial charge in [0, 0.05) is 29.4 Å². The number of aromatic amines is 1. The van der Waals surface area contributed by atoms with Gasteiger partial charge in [0.25, 0.3) is 0 Å². The van der Waals surface area contributed by atoms with Crippen LogP contribution in [0.15, 0.2) is 47.4 Å². The van der Waals surface area contributed by atoms with E-state index < -0.39 is 0 Å². The van der Waals surface area contributed by atoms with Gasteiger partial charge in [0.05, 0.1) is 23.3 Å². The number of rotatable bonds is 5. The number of aryl methyl sites for hydroxylation is 1. The Labute approximate surface area is 232 Å². The Hall–Kier alpha value is -4.34. The lowest BCUT2D eigenvalue weighted by Gasteiger charge is -2.19. The molecular weight excluding hydrogens is 504 g/mol. The minimum absolute atomic E-state index is 0.000469. The molecule has 0 bridgehead atoms. The lowest BCUT2D eigenvalue weighted by Crippen LogP contribution is -2.29. The molecule has 2 N–H and O–H groups in total. The zero-order chi connectivity index (χ0) is 28.0. The van der Waals surface area contributed by atoms with Crippen molar-refractivity contribution >= 4 is 17.1 Å². The van der Waals surface area contributed by atoms with Crippen molar-refractivity contribution in [3.05, 3.63) is 65.7 Å². The molecule has 4 heterocycles. The van der Waals surface area contributed by atoms with Crippen LogP contribution in [-0.4, -0.2) is 40.8 Å². The molecule has 0 spiro atoms.